The molecule has 2 fully saturated rings. The summed E-state index contributed by atoms with van der Waals surface area (Å²) < 4.78 is 0. The molecule has 3 rings (SSSR count). The molecule has 0 unspecified atom stereocenters. The van der Waals surface area contributed by atoms with Crippen molar-refractivity contribution in [2.45, 2.75) is 50.7 Å². The molecule has 2 nitrogen and oxygen atoms in total. The Bertz CT molecular complexity index is 376. The highest BCUT2D eigenvalue weighted by atomic mass is 15.2. The molecule has 3 atom stereocenters. The normalized spacial score (nSPS) is 33.1. The van der Waals surface area contributed by atoms with Crippen LogP contribution in [0, 0.1) is 5.92 Å². The lowest BCUT2D eigenvalue weighted by Gasteiger charge is -2.45. The minimum atomic E-state index is 0.433. The van der Waals surface area contributed by atoms with Crippen molar-refractivity contribution < 1.29 is 0 Å². The average molecular weight is 244 g/mol. The first-order valence-corrected chi connectivity index (χ1v) is 7.36. The van der Waals surface area contributed by atoms with Crippen molar-refractivity contribution in [3.8, 4) is 0 Å². The summed E-state index contributed by atoms with van der Waals surface area (Å²) in [6, 6.07) is 12.0. The summed E-state index contributed by atoms with van der Waals surface area (Å²) in [7, 11) is 0. The molecule has 1 aliphatic carbocycles. The van der Waals surface area contributed by atoms with Crippen LogP contribution in [0.3, 0.4) is 0 Å². The Labute approximate surface area is 110 Å². The molecule has 2 N–H and O–H groups in total. The third-order valence-electron chi connectivity index (χ3n) is 4.71. The lowest BCUT2D eigenvalue weighted by atomic mass is 9.76. The molecule has 0 radical (unpaired) electrons. The van der Waals surface area contributed by atoms with Gasteiger partial charge in [0.1, 0.15) is 0 Å². The van der Waals surface area contributed by atoms with E-state index in [2.05, 4.69) is 35.2 Å². The number of piperidine rings is 1. The van der Waals surface area contributed by atoms with E-state index < -0.39 is 0 Å². The van der Waals surface area contributed by atoms with Crippen molar-refractivity contribution in [2.24, 2.45) is 11.7 Å². The maximum atomic E-state index is 6.17. The second kappa shape index (κ2) is 5.41. The second-order valence-corrected chi connectivity index (χ2v) is 6.00. The highest BCUT2D eigenvalue weighted by Gasteiger charge is 2.35. The summed E-state index contributed by atoms with van der Waals surface area (Å²) in [6.07, 6.45) is 6.57. The lowest BCUT2D eigenvalue weighted by Crippen LogP contribution is -2.50. The van der Waals surface area contributed by atoms with Crippen LogP contribution in [0.4, 0.5) is 0 Å². The zero-order chi connectivity index (χ0) is 12.4. The number of rotatable bonds is 2. The molecule has 1 aromatic carbocycles. The van der Waals surface area contributed by atoms with Gasteiger partial charge in [0.15, 0.2) is 0 Å². The van der Waals surface area contributed by atoms with Crippen molar-refractivity contribution in [2.75, 3.05) is 6.54 Å². The van der Waals surface area contributed by atoms with Gasteiger partial charge in [0.2, 0.25) is 0 Å². The molecule has 0 bridgehead atoms. The molecule has 0 aromatic heterocycles. The molecule has 1 saturated carbocycles. The van der Waals surface area contributed by atoms with Gasteiger partial charge in [0.25, 0.3) is 0 Å². The standard InChI is InChI=1S/C16H24N2/c17-15-9-8-14-7-4-10-18(16(14)11-15)12-13-5-2-1-3-6-13/h1-3,5-6,14-16H,4,7-12,17H2/t14-,15+,16-/m0/s1. The fourth-order valence-corrected chi connectivity index (χ4v) is 3.76. The van der Waals surface area contributed by atoms with Crippen LogP contribution >= 0.6 is 0 Å². The lowest BCUT2D eigenvalue weighted by molar-refractivity contribution is 0.0482. The third-order valence-corrected chi connectivity index (χ3v) is 4.71. The van der Waals surface area contributed by atoms with Crippen LogP contribution in [0.15, 0.2) is 30.3 Å². The zero-order valence-electron chi connectivity index (χ0n) is 11.1. The third kappa shape index (κ3) is 2.60. The van der Waals surface area contributed by atoms with E-state index in [1.807, 2.05) is 0 Å². The number of nitrogens with zero attached hydrogens (tertiary/aromatic N) is 1. The summed E-state index contributed by atoms with van der Waals surface area (Å²) in [5.74, 6) is 0.905. The summed E-state index contributed by atoms with van der Waals surface area (Å²) >= 11 is 0. The smallest absolute Gasteiger partial charge is 0.0236 e. The fourth-order valence-electron chi connectivity index (χ4n) is 3.76. The molecule has 18 heavy (non-hydrogen) atoms. The molecule has 1 aromatic rings. The van der Waals surface area contributed by atoms with E-state index in [0.717, 1.165) is 18.5 Å². The Morgan fingerprint density at radius 2 is 1.94 bits per heavy atom. The van der Waals surface area contributed by atoms with Gasteiger partial charge in [0, 0.05) is 18.6 Å². The molecule has 2 heteroatoms. The van der Waals surface area contributed by atoms with Gasteiger partial charge in [-0.3, -0.25) is 4.90 Å². The predicted octanol–water partition coefficient (Wildman–Crippen LogP) is 2.78. The Hall–Kier alpha value is -0.860. The van der Waals surface area contributed by atoms with Crippen molar-refractivity contribution in [1.29, 1.82) is 0 Å². The Kier molecular flexibility index (Phi) is 3.67. The van der Waals surface area contributed by atoms with Gasteiger partial charge in [-0.15, -0.1) is 0 Å². The van der Waals surface area contributed by atoms with Crippen LogP contribution in [-0.2, 0) is 6.54 Å². The van der Waals surface area contributed by atoms with Gasteiger partial charge in [-0.2, -0.15) is 0 Å². The highest BCUT2D eigenvalue weighted by Crippen LogP contribution is 2.35. The first-order chi connectivity index (χ1) is 8.83. The summed E-state index contributed by atoms with van der Waals surface area (Å²) in [5, 5.41) is 0. The maximum Gasteiger partial charge on any atom is 0.0236 e. The van der Waals surface area contributed by atoms with E-state index >= 15 is 0 Å². The first kappa shape index (κ1) is 12.2. The van der Waals surface area contributed by atoms with E-state index in [1.54, 1.807) is 0 Å². The van der Waals surface area contributed by atoms with Gasteiger partial charge in [-0.05, 0) is 50.1 Å². The number of likely N-dealkylation sites (tertiary alicyclic amines) is 1. The van der Waals surface area contributed by atoms with Crippen LogP contribution < -0.4 is 5.73 Å². The zero-order valence-corrected chi connectivity index (χ0v) is 11.1. The quantitative estimate of drug-likeness (QED) is 0.867. The van der Waals surface area contributed by atoms with Crippen molar-refractivity contribution in [3.63, 3.8) is 0 Å². The van der Waals surface area contributed by atoms with Gasteiger partial charge < -0.3 is 5.73 Å². The summed E-state index contributed by atoms with van der Waals surface area (Å²) in [6.45, 7) is 2.36. The van der Waals surface area contributed by atoms with Crippen LogP contribution in [0.1, 0.15) is 37.7 Å². The van der Waals surface area contributed by atoms with Gasteiger partial charge in [-0.1, -0.05) is 30.3 Å². The van der Waals surface area contributed by atoms with Crippen molar-refractivity contribution in [3.05, 3.63) is 35.9 Å². The van der Waals surface area contributed by atoms with E-state index in [4.69, 9.17) is 5.73 Å². The second-order valence-electron chi connectivity index (χ2n) is 6.00. The molecular weight excluding hydrogens is 220 g/mol. The van der Waals surface area contributed by atoms with Crippen LogP contribution in [0.5, 0.6) is 0 Å². The largest absolute Gasteiger partial charge is 0.328 e. The Morgan fingerprint density at radius 1 is 1.11 bits per heavy atom. The molecule has 1 aliphatic heterocycles. The van der Waals surface area contributed by atoms with E-state index in [1.165, 1.54) is 44.2 Å². The van der Waals surface area contributed by atoms with Crippen LogP contribution in [0.2, 0.25) is 0 Å². The van der Waals surface area contributed by atoms with Gasteiger partial charge in [-0.25, -0.2) is 0 Å². The predicted molar refractivity (Wildman–Crippen MR) is 75.2 cm³/mol. The van der Waals surface area contributed by atoms with E-state index in [9.17, 15) is 0 Å². The molecule has 1 heterocycles. The molecule has 0 amide bonds. The number of fused-ring (bicyclic) bond motifs is 1. The fraction of sp³-hybridized carbons (Fsp3) is 0.625. The Morgan fingerprint density at radius 3 is 2.78 bits per heavy atom. The minimum Gasteiger partial charge on any atom is -0.328 e. The molecular formula is C16H24N2. The monoisotopic (exact) mass is 244 g/mol. The number of hydrogen-bond donors (Lipinski definition) is 1. The van der Waals surface area contributed by atoms with E-state index in [0.29, 0.717) is 6.04 Å². The van der Waals surface area contributed by atoms with Gasteiger partial charge >= 0.3 is 0 Å². The van der Waals surface area contributed by atoms with Crippen molar-refractivity contribution in [1.82, 2.24) is 4.90 Å². The number of benzene rings is 1. The molecule has 2 aliphatic rings. The van der Waals surface area contributed by atoms with Crippen molar-refractivity contribution >= 4 is 0 Å². The minimum absolute atomic E-state index is 0.433. The maximum absolute atomic E-state index is 6.17. The first-order valence-electron chi connectivity index (χ1n) is 7.36. The van der Waals surface area contributed by atoms with Crippen LogP contribution in [0.25, 0.3) is 0 Å². The average Bonchev–Trinajstić information content (AvgIpc) is 2.41. The van der Waals surface area contributed by atoms with E-state index in [-0.39, 0.29) is 0 Å². The molecule has 1 saturated heterocycles. The molecule has 0 spiro atoms. The summed E-state index contributed by atoms with van der Waals surface area (Å²) in [5.41, 5.74) is 7.61. The Balaban J connectivity index is 1.70. The van der Waals surface area contributed by atoms with Crippen LogP contribution in [-0.4, -0.2) is 23.5 Å². The number of nitrogens with two attached hydrogens (primary N) is 1. The van der Waals surface area contributed by atoms with Gasteiger partial charge in [0.05, 0.1) is 0 Å². The SMILES string of the molecule is N[C@@H]1CC[C@@H]2CCCN(Cc3ccccc3)[C@H]2C1. The topological polar surface area (TPSA) is 29.3 Å². The summed E-state index contributed by atoms with van der Waals surface area (Å²) in [4.78, 5) is 2.68. The highest BCUT2D eigenvalue weighted by molar-refractivity contribution is 5.15. The number of hydrogen-bond acceptors (Lipinski definition) is 2. The molecule has 98 valence electrons.